The Balaban J connectivity index is 2.18. The van der Waals surface area contributed by atoms with Gasteiger partial charge in [-0.25, -0.2) is 0 Å². The summed E-state index contributed by atoms with van der Waals surface area (Å²) in [4.78, 5) is 0. The number of ether oxygens (including phenoxy) is 2. The average Bonchev–Trinajstić information content (AvgIpc) is 2.76. The second-order valence-corrected chi connectivity index (χ2v) is 7.21. The van der Waals surface area contributed by atoms with Crippen molar-refractivity contribution < 1.29 is 14.6 Å². The van der Waals surface area contributed by atoms with E-state index in [2.05, 4.69) is 31.9 Å². The first-order valence-corrected chi connectivity index (χ1v) is 7.97. The van der Waals surface area contributed by atoms with Crippen molar-refractivity contribution in [3.05, 3.63) is 8.96 Å². The van der Waals surface area contributed by atoms with Gasteiger partial charge < -0.3 is 14.6 Å². The molecule has 0 aromatic carbocycles. The van der Waals surface area contributed by atoms with E-state index in [1.54, 1.807) is 14.2 Å². The number of methoxy groups -OCH3 is 2. The van der Waals surface area contributed by atoms with Crippen LogP contribution in [-0.2, 0) is 9.47 Å². The Kier molecular flexibility index (Phi) is 3.23. The Morgan fingerprint density at radius 1 is 1.28 bits per heavy atom. The third kappa shape index (κ3) is 1.26. The molecule has 18 heavy (non-hydrogen) atoms. The van der Waals surface area contributed by atoms with E-state index in [-0.39, 0.29) is 23.4 Å². The van der Waals surface area contributed by atoms with Crippen LogP contribution in [0.25, 0.3) is 0 Å². The Hall–Kier alpha value is 0.580. The van der Waals surface area contributed by atoms with E-state index in [0.29, 0.717) is 0 Å². The van der Waals surface area contributed by atoms with Crippen molar-refractivity contribution in [2.75, 3.05) is 14.2 Å². The fraction of sp³-hybridized carbons (Fsp3) is 0.846. The molecule has 4 atom stereocenters. The summed E-state index contributed by atoms with van der Waals surface area (Å²) >= 11 is 7.43. The molecule has 3 rings (SSSR count). The smallest absolute Gasteiger partial charge is 0.185 e. The topological polar surface area (TPSA) is 38.7 Å². The number of rotatable bonds is 2. The molecule has 0 aromatic heterocycles. The lowest BCUT2D eigenvalue weighted by Gasteiger charge is -2.48. The maximum atomic E-state index is 10.4. The first kappa shape index (κ1) is 13.6. The van der Waals surface area contributed by atoms with Gasteiger partial charge in [-0.3, -0.25) is 0 Å². The maximum absolute atomic E-state index is 10.4. The molecule has 1 N–H and O–H groups in total. The lowest BCUT2D eigenvalue weighted by Crippen LogP contribution is -2.53. The van der Waals surface area contributed by atoms with Crippen LogP contribution in [0.5, 0.6) is 0 Å². The van der Waals surface area contributed by atoms with E-state index < -0.39 is 5.79 Å². The van der Waals surface area contributed by atoms with Gasteiger partial charge in [0.1, 0.15) is 0 Å². The van der Waals surface area contributed by atoms with E-state index >= 15 is 0 Å². The fourth-order valence-corrected chi connectivity index (χ4v) is 6.50. The number of halogens is 2. The number of aliphatic hydroxyl groups is 1. The number of hydrogen-bond donors (Lipinski definition) is 1. The Morgan fingerprint density at radius 2 is 1.94 bits per heavy atom. The quantitative estimate of drug-likeness (QED) is 0.746. The molecule has 2 saturated carbocycles. The van der Waals surface area contributed by atoms with Crippen LogP contribution in [0.15, 0.2) is 8.96 Å². The first-order valence-electron chi connectivity index (χ1n) is 6.39. The van der Waals surface area contributed by atoms with Crippen molar-refractivity contribution in [2.45, 2.75) is 37.6 Å². The summed E-state index contributed by atoms with van der Waals surface area (Å²) in [6.45, 7) is 0. The second kappa shape index (κ2) is 4.29. The van der Waals surface area contributed by atoms with Crippen LogP contribution >= 0.6 is 31.9 Å². The van der Waals surface area contributed by atoms with E-state index in [0.717, 1.165) is 34.6 Å². The highest BCUT2D eigenvalue weighted by Gasteiger charge is 2.74. The predicted octanol–water partition coefficient (Wildman–Crippen LogP) is 3.16. The molecule has 0 saturated heterocycles. The van der Waals surface area contributed by atoms with Crippen molar-refractivity contribution >= 4 is 31.9 Å². The average molecular weight is 382 g/mol. The minimum atomic E-state index is -0.628. The molecule has 3 aliphatic carbocycles. The molecule has 3 aliphatic rings. The van der Waals surface area contributed by atoms with E-state index in [1.165, 1.54) is 0 Å². The molecular formula is C13H18Br2O3. The van der Waals surface area contributed by atoms with Gasteiger partial charge in [0.15, 0.2) is 5.79 Å². The fourth-order valence-electron chi connectivity index (χ4n) is 4.61. The van der Waals surface area contributed by atoms with Gasteiger partial charge in [0.2, 0.25) is 0 Å². The summed E-state index contributed by atoms with van der Waals surface area (Å²) in [5, 5.41) is 10.4. The van der Waals surface area contributed by atoms with Gasteiger partial charge >= 0.3 is 0 Å². The van der Waals surface area contributed by atoms with Crippen molar-refractivity contribution in [3.8, 4) is 0 Å². The van der Waals surface area contributed by atoms with Gasteiger partial charge in [0, 0.05) is 35.0 Å². The van der Waals surface area contributed by atoms with Crippen LogP contribution in [0, 0.1) is 17.3 Å². The van der Waals surface area contributed by atoms with Crippen LogP contribution < -0.4 is 0 Å². The summed E-state index contributed by atoms with van der Waals surface area (Å²) in [7, 11) is 3.43. The molecule has 0 radical (unpaired) electrons. The van der Waals surface area contributed by atoms with Gasteiger partial charge in [0.05, 0.1) is 11.5 Å². The molecule has 3 nitrogen and oxygen atoms in total. The lowest BCUT2D eigenvalue weighted by molar-refractivity contribution is -0.272. The van der Waals surface area contributed by atoms with Crippen molar-refractivity contribution in [1.82, 2.24) is 0 Å². The Bertz CT molecular complexity index is 405. The zero-order valence-corrected chi connectivity index (χ0v) is 13.8. The third-order valence-corrected chi connectivity index (χ3v) is 7.87. The van der Waals surface area contributed by atoms with Gasteiger partial charge in [0.25, 0.3) is 0 Å². The summed E-state index contributed by atoms with van der Waals surface area (Å²) in [5.74, 6) is -0.219. The summed E-state index contributed by atoms with van der Waals surface area (Å²) in [5.41, 5.74) is -0.225. The van der Waals surface area contributed by atoms with Gasteiger partial charge in [-0.15, -0.1) is 0 Å². The minimum Gasteiger partial charge on any atom is -0.393 e. The van der Waals surface area contributed by atoms with Crippen LogP contribution in [0.3, 0.4) is 0 Å². The summed E-state index contributed by atoms with van der Waals surface area (Å²) in [6, 6.07) is 0. The zero-order chi connectivity index (χ0) is 13.1. The van der Waals surface area contributed by atoms with Crippen LogP contribution in [0.4, 0.5) is 0 Å². The van der Waals surface area contributed by atoms with Crippen LogP contribution in [-0.4, -0.2) is 31.2 Å². The predicted molar refractivity (Wildman–Crippen MR) is 75.5 cm³/mol. The van der Waals surface area contributed by atoms with E-state index in [4.69, 9.17) is 9.47 Å². The minimum absolute atomic E-state index is 0.180. The molecule has 2 fully saturated rings. The third-order valence-electron chi connectivity index (χ3n) is 5.25. The first-order chi connectivity index (χ1) is 8.55. The monoisotopic (exact) mass is 380 g/mol. The zero-order valence-electron chi connectivity index (χ0n) is 10.6. The highest BCUT2D eigenvalue weighted by atomic mass is 79.9. The molecule has 1 spiro atoms. The van der Waals surface area contributed by atoms with E-state index in [9.17, 15) is 5.11 Å². The van der Waals surface area contributed by atoms with Crippen LogP contribution in [0.1, 0.15) is 25.7 Å². The summed E-state index contributed by atoms with van der Waals surface area (Å²) < 4.78 is 14.0. The largest absolute Gasteiger partial charge is 0.393 e. The van der Waals surface area contributed by atoms with Crippen molar-refractivity contribution in [1.29, 1.82) is 0 Å². The second-order valence-electron chi connectivity index (χ2n) is 5.56. The number of hydrogen-bond acceptors (Lipinski definition) is 3. The standard InChI is InChI=1S/C13H18Br2O3/c1-17-13(18-2)8-6-7-9(16)4-3-5-12(7,13)11(15)10(8)14/h7-9,16H,3-6H2,1-2H3/t7-,8+,9+,12-/m1/s1. The van der Waals surface area contributed by atoms with Crippen molar-refractivity contribution in [3.63, 3.8) is 0 Å². The molecule has 0 aromatic rings. The molecule has 5 heteroatoms. The Labute approximate surface area is 124 Å². The van der Waals surface area contributed by atoms with Crippen molar-refractivity contribution in [2.24, 2.45) is 17.3 Å². The van der Waals surface area contributed by atoms with Crippen LogP contribution in [0.2, 0.25) is 0 Å². The molecule has 2 bridgehead atoms. The van der Waals surface area contributed by atoms with Gasteiger partial charge in [-0.2, -0.15) is 0 Å². The van der Waals surface area contributed by atoms with Gasteiger partial charge in [-0.1, -0.05) is 31.9 Å². The SMILES string of the molecule is COC1(OC)[C@H]2C[C@@H]3[C@@H](O)CCC[C@]31C(Br)=C2Br. The maximum Gasteiger partial charge on any atom is 0.185 e. The molecule has 102 valence electrons. The normalized spacial score (nSPS) is 45.5. The Morgan fingerprint density at radius 3 is 2.56 bits per heavy atom. The summed E-state index contributed by atoms with van der Waals surface area (Å²) in [6.07, 6.45) is 3.58. The molecular weight excluding hydrogens is 364 g/mol. The molecule has 0 unspecified atom stereocenters. The van der Waals surface area contributed by atoms with Gasteiger partial charge in [-0.05, 0) is 25.7 Å². The lowest BCUT2D eigenvalue weighted by atomic mass is 9.65. The molecule has 0 heterocycles. The number of aliphatic hydroxyl groups excluding tert-OH is 1. The molecule has 0 aliphatic heterocycles. The van der Waals surface area contributed by atoms with E-state index in [1.807, 2.05) is 0 Å². The molecule has 0 amide bonds. The highest BCUT2D eigenvalue weighted by Crippen LogP contribution is 2.73. The highest BCUT2D eigenvalue weighted by molar-refractivity contribution is 9.14. The number of fused-ring (bicyclic) bond motifs is 1.